The van der Waals surface area contributed by atoms with Crippen LogP contribution in [0.3, 0.4) is 0 Å². The van der Waals surface area contributed by atoms with Gasteiger partial charge in [-0.05, 0) is 55.7 Å². The molecule has 2 saturated heterocycles. The summed E-state index contributed by atoms with van der Waals surface area (Å²) in [5.41, 5.74) is 3.08. The van der Waals surface area contributed by atoms with Crippen molar-refractivity contribution < 1.29 is 19.0 Å². The van der Waals surface area contributed by atoms with Gasteiger partial charge in [0.05, 0.1) is 32.5 Å². The largest absolute Gasteiger partial charge is 0.477 e. The van der Waals surface area contributed by atoms with E-state index in [0.717, 1.165) is 62.6 Å². The molecule has 9 heteroatoms. The van der Waals surface area contributed by atoms with Crippen molar-refractivity contribution in [2.75, 3.05) is 63.3 Å². The number of nitrogens with zero attached hydrogens (tertiary/aromatic N) is 4. The lowest BCUT2D eigenvalue weighted by Gasteiger charge is -2.29. The Morgan fingerprint density at radius 3 is 2.57 bits per heavy atom. The van der Waals surface area contributed by atoms with Gasteiger partial charge in [-0.2, -0.15) is 4.98 Å². The molecule has 200 valence electrons. The summed E-state index contributed by atoms with van der Waals surface area (Å²) in [7, 11) is 1.42. The van der Waals surface area contributed by atoms with Crippen LogP contribution in [0.15, 0.2) is 30.5 Å². The SMILES string of the molecule is COC(=O)N1CC[C@@H](COc2nc(NC3CCC(C)CC3)ncc2-c2ccc(N3CCOCC3)cc2)C1. The average Bonchev–Trinajstić information content (AvgIpc) is 3.43. The minimum atomic E-state index is -0.279. The van der Waals surface area contributed by atoms with Gasteiger partial charge in [0.1, 0.15) is 0 Å². The Kier molecular flexibility index (Phi) is 8.28. The van der Waals surface area contributed by atoms with Crippen LogP contribution < -0.4 is 15.0 Å². The van der Waals surface area contributed by atoms with Gasteiger partial charge >= 0.3 is 6.09 Å². The summed E-state index contributed by atoms with van der Waals surface area (Å²) in [4.78, 5) is 25.5. The van der Waals surface area contributed by atoms with Crippen LogP contribution >= 0.6 is 0 Å². The molecule has 1 aliphatic carbocycles. The molecule has 2 aromatic rings. The van der Waals surface area contributed by atoms with Crippen LogP contribution in [0.2, 0.25) is 0 Å². The van der Waals surface area contributed by atoms with Gasteiger partial charge in [-0.15, -0.1) is 0 Å². The topological polar surface area (TPSA) is 89.0 Å². The van der Waals surface area contributed by atoms with E-state index in [-0.39, 0.29) is 12.0 Å². The number of carbonyl (C=O) groups excluding carboxylic acids is 1. The lowest BCUT2D eigenvalue weighted by molar-refractivity contribution is 0.122. The first-order valence-corrected chi connectivity index (χ1v) is 13.6. The van der Waals surface area contributed by atoms with E-state index in [1.165, 1.54) is 25.6 Å². The molecule has 3 aliphatic rings. The third-order valence-electron chi connectivity index (χ3n) is 7.83. The number of ether oxygens (including phenoxy) is 3. The molecule has 3 heterocycles. The molecule has 1 aromatic carbocycles. The molecule has 1 saturated carbocycles. The number of aromatic nitrogens is 2. The summed E-state index contributed by atoms with van der Waals surface area (Å²) in [5, 5.41) is 3.54. The second-order valence-corrected chi connectivity index (χ2v) is 10.5. The number of carbonyl (C=O) groups is 1. The second-order valence-electron chi connectivity index (χ2n) is 10.5. The number of likely N-dealkylation sites (tertiary alicyclic amines) is 1. The van der Waals surface area contributed by atoms with Gasteiger partial charge in [0.25, 0.3) is 0 Å². The zero-order valence-electron chi connectivity index (χ0n) is 22.0. The molecule has 1 N–H and O–H groups in total. The first kappa shape index (κ1) is 25.6. The summed E-state index contributed by atoms with van der Waals surface area (Å²) in [6.45, 7) is 7.46. The molecule has 3 fully saturated rings. The number of rotatable bonds is 7. The molecule has 9 nitrogen and oxygen atoms in total. The van der Waals surface area contributed by atoms with Crippen molar-refractivity contribution >= 4 is 17.7 Å². The monoisotopic (exact) mass is 509 g/mol. The summed E-state index contributed by atoms with van der Waals surface area (Å²) in [6.07, 6.45) is 7.21. The Morgan fingerprint density at radius 1 is 1.08 bits per heavy atom. The van der Waals surface area contributed by atoms with E-state index in [9.17, 15) is 4.79 Å². The van der Waals surface area contributed by atoms with Crippen LogP contribution in [0.5, 0.6) is 5.88 Å². The molecule has 1 amide bonds. The number of hydrogen-bond donors (Lipinski definition) is 1. The predicted octanol–water partition coefficient (Wildman–Crippen LogP) is 4.44. The quantitative estimate of drug-likeness (QED) is 0.586. The standard InChI is InChI=1S/C28H39N5O4/c1-20-3-7-23(8-4-20)30-27-29-17-25(22-5-9-24(10-6-22)32-13-15-36-16-14-32)26(31-27)37-19-21-11-12-33(18-21)28(34)35-2/h5-6,9-10,17,20-21,23H,3-4,7-8,11-16,18-19H2,1-2H3,(H,29,30,31)/t20?,21-,23?/m1/s1. The highest BCUT2D eigenvalue weighted by Crippen LogP contribution is 2.32. The van der Waals surface area contributed by atoms with Crippen LogP contribution in [0.4, 0.5) is 16.4 Å². The number of methoxy groups -OCH3 is 1. The minimum absolute atomic E-state index is 0.238. The molecule has 0 spiro atoms. The van der Waals surface area contributed by atoms with E-state index in [0.29, 0.717) is 37.6 Å². The van der Waals surface area contributed by atoms with Gasteiger partial charge in [-0.25, -0.2) is 9.78 Å². The third-order valence-corrected chi connectivity index (χ3v) is 7.83. The number of benzene rings is 1. The molecular formula is C28H39N5O4. The molecule has 1 aromatic heterocycles. The number of morpholine rings is 1. The van der Waals surface area contributed by atoms with Crippen LogP contribution in [0.1, 0.15) is 39.0 Å². The number of hydrogen-bond acceptors (Lipinski definition) is 8. The number of amides is 1. The molecule has 0 unspecified atom stereocenters. The second kappa shape index (κ2) is 12.0. The minimum Gasteiger partial charge on any atom is -0.477 e. The Hall–Kier alpha value is -3.07. The summed E-state index contributed by atoms with van der Waals surface area (Å²) < 4.78 is 16.7. The lowest BCUT2D eigenvalue weighted by atomic mass is 9.87. The molecule has 1 atom stereocenters. The van der Waals surface area contributed by atoms with Gasteiger partial charge < -0.3 is 29.3 Å². The molecule has 5 rings (SSSR count). The molecule has 37 heavy (non-hydrogen) atoms. The van der Waals surface area contributed by atoms with Crippen molar-refractivity contribution in [3.8, 4) is 17.0 Å². The van der Waals surface area contributed by atoms with Gasteiger partial charge in [0.2, 0.25) is 11.8 Å². The van der Waals surface area contributed by atoms with Crippen LogP contribution in [0, 0.1) is 11.8 Å². The zero-order chi connectivity index (χ0) is 25.6. The van der Waals surface area contributed by atoms with Crippen molar-refractivity contribution in [3.05, 3.63) is 30.5 Å². The maximum atomic E-state index is 11.9. The Morgan fingerprint density at radius 2 is 1.84 bits per heavy atom. The van der Waals surface area contributed by atoms with Gasteiger partial charge in [0.15, 0.2) is 0 Å². The van der Waals surface area contributed by atoms with Crippen LogP contribution in [-0.2, 0) is 9.47 Å². The predicted molar refractivity (Wildman–Crippen MR) is 143 cm³/mol. The van der Waals surface area contributed by atoms with E-state index in [4.69, 9.17) is 19.2 Å². The van der Waals surface area contributed by atoms with E-state index in [1.54, 1.807) is 4.90 Å². The molecular weight excluding hydrogens is 470 g/mol. The normalized spacial score (nSPS) is 24.1. The van der Waals surface area contributed by atoms with Crippen molar-refractivity contribution in [2.24, 2.45) is 11.8 Å². The first-order valence-electron chi connectivity index (χ1n) is 13.6. The Bertz CT molecular complexity index is 1040. The van der Waals surface area contributed by atoms with E-state index in [1.807, 2.05) is 6.20 Å². The maximum absolute atomic E-state index is 11.9. The molecule has 0 radical (unpaired) electrons. The van der Waals surface area contributed by atoms with E-state index >= 15 is 0 Å². The fourth-order valence-corrected chi connectivity index (χ4v) is 5.46. The zero-order valence-corrected chi connectivity index (χ0v) is 22.0. The third kappa shape index (κ3) is 6.44. The van der Waals surface area contributed by atoms with E-state index in [2.05, 4.69) is 46.4 Å². The van der Waals surface area contributed by atoms with Crippen molar-refractivity contribution in [2.45, 2.75) is 45.1 Å². The van der Waals surface area contributed by atoms with Crippen molar-refractivity contribution in [3.63, 3.8) is 0 Å². The summed E-state index contributed by atoms with van der Waals surface area (Å²) >= 11 is 0. The van der Waals surface area contributed by atoms with Crippen LogP contribution in [0.25, 0.3) is 11.1 Å². The van der Waals surface area contributed by atoms with Gasteiger partial charge in [-0.3, -0.25) is 0 Å². The fourth-order valence-electron chi connectivity index (χ4n) is 5.46. The summed E-state index contributed by atoms with van der Waals surface area (Å²) in [6, 6.07) is 8.91. The van der Waals surface area contributed by atoms with Gasteiger partial charge in [-0.1, -0.05) is 19.1 Å². The first-order chi connectivity index (χ1) is 18.1. The lowest BCUT2D eigenvalue weighted by Crippen LogP contribution is -2.36. The van der Waals surface area contributed by atoms with Gasteiger partial charge in [0, 0.05) is 50.0 Å². The highest BCUT2D eigenvalue weighted by molar-refractivity contribution is 5.70. The van der Waals surface area contributed by atoms with Crippen molar-refractivity contribution in [1.29, 1.82) is 0 Å². The van der Waals surface area contributed by atoms with Crippen molar-refractivity contribution in [1.82, 2.24) is 14.9 Å². The number of nitrogens with one attached hydrogen (secondary N) is 1. The Balaban J connectivity index is 1.32. The smallest absolute Gasteiger partial charge is 0.409 e. The molecule has 0 bridgehead atoms. The highest BCUT2D eigenvalue weighted by atomic mass is 16.5. The van der Waals surface area contributed by atoms with E-state index < -0.39 is 0 Å². The highest BCUT2D eigenvalue weighted by Gasteiger charge is 2.28. The van der Waals surface area contributed by atoms with Crippen LogP contribution in [-0.4, -0.2) is 80.1 Å². The maximum Gasteiger partial charge on any atom is 0.409 e. The fraction of sp³-hybridized carbons (Fsp3) is 0.607. The summed E-state index contributed by atoms with van der Waals surface area (Å²) in [5.74, 6) is 2.22. The Labute approximate surface area is 219 Å². The average molecular weight is 510 g/mol. The number of anilines is 2. The molecule has 2 aliphatic heterocycles.